The fraction of sp³-hybridized carbons (Fsp3) is 0.750. The van der Waals surface area contributed by atoms with Crippen molar-refractivity contribution in [2.75, 3.05) is 34.3 Å². The van der Waals surface area contributed by atoms with Crippen LogP contribution in [-0.2, 0) is 19.1 Å². The highest BCUT2D eigenvalue weighted by Gasteiger charge is 2.22. The Hall–Kier alpha value is -1.79. The zero-order valence-corrected chi connectivity index (χ0v) is 12.3. The van der Waals surface area contributed by atoms with Crippen LogP contribution in [0.4, 0.5) is 4.79 Å². The first kappa shape index (κ1) is 17.2. The van der Waals surface area contributed by atoms with Gasteiger partial charge in [-0.15, -0.1) is 0 Å². The Morgan fingerprint density at radius 2 is 1.53 bits per heavy atom. The van der Waals surface area contributed by atoms with Gasteiger partial charge >= 0.3 is 12.1 Å². The minimum absolute atomic E-state index is 0.155. The van der Waals surface area contributed by atoms with E-state index in [2.05, 4.69) is 4.74 Å². The molecule has 0 radical (unpaired) electrons. The summed E-state index contributed by atoms with van der Waals surface area (Å²) in [6, 6.07) is 0. The third kappa shape index (κ3) is 7.28. The zero-order chi connectivity index (χ0) is 15.2. The first-order chi connectivity index (χ1) is 8.56. The number of ether oxygens (including phenoxy) is 2. The van der Waals surface area contributed by atoms with Gasteiger partial charge in [0, 0.05) is 14.1 Å². The molecule has 0 fully saturated rings. The maximum absolute atomic E-state index is 11.7. The summed E-state index contributed by atoms with van der Waals surface area (Å²) in [6.07, 6.45) is -0.590. The Bertz CT molecular complexity index is 349. The smallest absolute Gasteiger partial charge is 0.410 e. The minimum Gasteiger partial charge on any atom is -0.468 e. The second-order valence-corrected chi connectivity index (χ2v) is 5.16. The van der Waals surface area contributed by atoms with Crippen LogP contribution in [0, 0.1) is 0 Å². The van der Waals surface area contributed by atoms with Crippen LogP contribution in [0.5, 0.6) is 0 Å². The van der Waals surface area contributed by atoms with E-state index in [1.54, 1.807) is 20.8 Å². The predicted molar refractivity (Wildman–Crippen MR) is 68.5 cm³/mol. The molecule has 110 valence electrons. The number of likely N-dealkylation sites (N-methyl/N-ethyl adjacent to an activating group) is 2. The number of hydrogen-bond acceptors (Lipinski definition) is 5. The average Bonchev–Trinajstić information content (AvgIpc) is 2.26. The molecule has 0 heterocycles. The van der Waals surface area contributed by atoms with Gasteiger partial charge in [-0.25, -0.2) is 4.79 Å². The van der Waals surface area contributed by atoms with Crippen molar-refractivity contribution in [1.29, 1.82) is 0 Å². The van der Waals surface area contributed by atoms with Gasteiger partial charge < -0.3 is 19.3 Å². The van der Waals surface area contributed by atoms with Crippen molar-refractivity contribution in [3.8, 4) is 0 Å². The SMILES string of the molecule is COC(=O)CN(C)C(=O)CN(C)C(=O)OC(C)(C)C. The predicted octanol–water partition coefficient (Wildman–Crippen LogP) is 0.485. The van der Waals surface area contributed by atoms with Gasteiger partial charge in [0.15, 0.2) is 0 Å². The van der Waals surface area contributed by atoms with Gasteiger partial charge in [0.25, 0.3) is 0 Å². The Morgan fingerprint density at radius 3 is 1.95 bits per heavy atom. The molecule has 0 bridgehead atoms. The molecule has 0 unspecified atom stereocenters. The summed E-state index contributed by atoms with van der Waals surface area (Å²) in [5, 5.41) is 0. The number of amides is 2. The molecular formula is C12H22N2O5. The number of carbonyl (C=O) groups is 3. The van der Waals surface area contributed by atoms with Crippen LogP contribution in [0.3, 0.4) is 0 Å². The van der Waals surface area contributed by atoms with E-state index < -0.39 is 17.7 Å². The second-order valence-electron chi connectivity index (χ2n) is 5.16. The molecule has 0 aliphatic heterocycles. The Labute approximate surface area is 113 Å². The first-order valence-electron chi connectivity index (χ1n) is 5.81. The normalized spacial score (nSPS) is 10.6. The molecule has 0 aliphatic rings. The lowest BCUT2D eigenvalue weighted by atomic mass is 10.2. The monoisotopic (exact) mass is 274 g/mol. The highest BCUT2D eigenvalue weighted by atomic mass is 16.6. The molecule has 0 spiro atoms. The van der Waals surface area contributed by atoms with E-state index in [4.69, 9.17) is 4.74 Å². The molecule has 0 atom stereocenters. The molecule has 0 saturated heterocycles. The van der Waals surface area contributed by atoms with Crippen LogP contribution >= 0.6 is 0 Å². The topological polar surface area (TPSA) is 76.2 Å². The Balaban J connectivity index is 4.32. The zero-order valence-electron chi connectivity index (χ0n) is 12.3. The number of esters is 1. The van der Waals surface area contributed by atoms with Crippen LogP contribution in [0.1, 0.15) is 20.8 Å². The molecule has 0 N–H and O–H groups in total. The minimum atomic E-state index is -0.619. The Morgan fingerprint density at radius 1 is 1.00 bits per heavy atom. The summed E-state index contributed by atoms with van der Waals surface area (Å²) in [5.74, 6) is -0.894. The molecule has 0 aromatic rings. The van der Waals surface area contributed by atoms with Crippen molar-refractivity contribution in [1.82, 2.24) is 9.80 Å². The second kappa shape index (κ2) is 6.96. The lowest BCUT2D eigenvalue weighted by molar-refractivity contribution is -0.146. The third-order valence-corrected chi connectivity index (χ3v) is 2.10. The fourth-order valence-electron chi connectivity index (χ4n) is 1.07. The largest absolute Gasteiger partial charge is 0.468 e. The van der Waals surface area contributed by atoms with E-state index in [-0.39, 0.29) is 19.0 Å². The molecular weight excluding hydrogens is 252 g/mol. The fourth-order valence-corrected chi connectivity index (χ4v) is 1.07. The molecule has 0 aliphatic carbocycles. The van der Waals surface area contributed by atoms with Gasteiger partial charge in [0.1, 0.15) is 18.7 Å². The first-order valence-corrected chi connectivity index (χ1v) is 5.81. The number of rotatable bonds is 4. The lowest BCUT2D eigenvalue weighted by Crippen LogP contribution is -2.43. The summed E-state index contributed by atoms with van der Waals surface area (Å²) < 4.78 is 9.56. The van der Waals surface area contributed by atoms with E-state index in [0.717, 1.165) is 4.90 Å². The maximum atomic E-state index is 11.7. The third-order valence-electron chi connectivity index (χ3n) is 2.10. The van der Waals surface area contributed by atoms with Crippen LogP contribution in [0.25, 0.3) is 0 Å². The van der Waals surface area contributed by atoms with Crippen molar-refractivity contribution in [3.05, 3.63) is 0 Å². The van der Waals surface area contributed by atoms with E-state index in [1.807, 2.05) is 0 Å². The van der Waals surface area contributed by atoms with Crippen LogP contribution in [0.15, 0.2) is 0 Å². The molecule has 0 aromatic heterocycles. The molecule has 7 nitrogen and oxygen atoms in total. The summed E-state index contributed by atoms with van der Waals surface area (Å²) >= 11 is 0. The van der Waals surface area contributed by atoms with Gasteiger partial charge in [0.2, 0.25) is 5.91 Å². The van der Waals surface area contributed by atoms with Crippen molar-refractivity contribution in [2.45, 2.75) is 26.4 Å². The van der Waals surface area contributed by atoms with Crippen molar-refractivity contribution in [2.24, 2.45) is 0 Å². The van der Waals surface area contributed by atoms with Crippen LogP contribution < -0.4 is 0 Å². The standard InChI is InChI=1S/C12H22N2O5/c1-12(2,3)19-11(17)14(5)7-9(15)13(4)8-10(16)18-6/h7-8H2,1-6H3. The summed E-state index contributed by atoms with van der Waals surface area (Å²) in [4.78, 5) is 36.7. The van der Waals surface area contributed by atoms with Crippen molar-refractivity contribution >= 4 is 18.0 Å². The van der Waals surface area contributed by atoms with Gasteiger partial charge in [-0.3, -0.25) is 9.59 Å². The Kier molecular flexibility index (Phi) is 6.31. The van der Waals surface area contributed by atoms with E-state index in [0.29, 0.717) is 0 Å². The molecule has 0 rings (SSSR count). The van der Waals surface area contributed by atoms with E-state index in [9.17, 15) is 14.4 Å². The highest BCUT2D eigenvalue weighted by molar-refractivity contribution is 5.85. The van der Waals surface area contributed by atoms with Gasteiger partial charge in [-0.1, -0.05) is 0 Å². The molecule has 7 heteroatoms. The van der Waals surface area contributed by atoms with Gasteiger partial charge in [-0.2, -0.15) is 0 Å². The van der Waals surface area contributed by atoms with Crippen LogP contribution in [0.2, 0.25) is 0 Å². The summed E-state index contributed by atoms with van der Waals surface area (Å²) in [7, 11) is 4.16. The van der Waals surface area contributed by atoms with Gasteiger partial charge in [-0.05, 0) is 20.8 Å². The summed E-state index contributed by atoms with van der Waals surface area (Å²) in [6.45, 7) is 4.90. The number of methoxy groups -OCH3 is 1. The lowest BCUT2D eigenvalue weighted by Gasteiger charge is -2.25. The van der Waals surface area contributed by atoms with E-state index >= 15 is 0 Å². The number of carbonyl (C=O) groups excluding carboxylic acids is 3. The molecule has 0 saturated carbocycles. The summed E-state index contributed by atoms with van der Waals surface area (Å²) in [5.41, 5.74) is -0.619. The van der Waals surface area contributed by atoms with Gasteiger partial charge in [0.05, 0.1) is 7.11 Å². The van der Waals surface area contributed by atoms with Crippen molar-refractivity contribution in [3.63, 3.8) is 0 Å². The maximum Gasteiger partial charge on any atom is 0.410 e. The molecule has 0 aromatic carbocycles. The van der Waals surface area contributed by atoms with Crippen molar-refractivity contribution < 1.29 is 23.9 Å². The van der Waals surface area contributed by atoms with Crippen LogP contribution in [-0.4, -0.2) is 67.7 Å². The molecule has 2 amide bonds. The number of hydrogen-bond donors (Lipinski definition) is 0. The molecule has 19 heavy (non-hydrogen) atoms. The highest BCUT2D eigenvalue weighted by Crippen LogP contribution is 2.09. The number of nitrogens with zero attached hydrogens (tertiary/aromatic N) is 2. The quantitative estimate of drug-likeness (QED) is 0.697. The average molecular weight is 274 g/mol. The van der Waals surface area contributed by atoms with E-state index in [1.165, 1.54) is 26.1 Å².